The molecular weight excluding hydrogens is 390 g/mol. The van der Waals surface area contributed by atoms with Crippen molar-refractivity contribution in [2.75, 3.05) is 17.2 Å². The maximum absolute atomic E-state index is 9.17. The lowest BCUT2D eigenvalue weighted by atomic mass is 10.1. The van der Waals surface area contributed by atoms with Gasteiger partial charge in [0.2, 0.25) is 0 Å². The van der Waals surface area contributed by atoms with Crippen LogP contribution < -0.4 is 10.6 Å². The number of fused-ring (bicyclic) bond motifs is 3. The second-order valence-corrected chi connectivity index (χ2v) is 7.50. The smallest absolute Gasteiger partial charge is 0.142 e. The van der Waals surface area contributed by atoms with E-state index >= 15 is 0 Å². The molecule has 9 heteroatoms. The fourth-order valence-corrected chi connectivity index (χ4v) is 3.85. The van der Waals surface area contributed by atoms with Crippen molar-refractivity contribution in [1.29, 1.82) is 5.26 Å². The fourth-order valence-electron chi connectivity index (χ4n) is 3.85. The van der Waals surface area contributed by atoms with E-state index in [9.17, 15) is 5.26 Å². The molecule has 2 N–H and O–H groups in total. The van der Waals surface area contributed by atoms with Crippen LogP contribution in [0, 0.1) is 18.3 Å². The van der Waals surface area contributed by atoms with Crippen LogP contribution >= 0.6 is 0 Å². The topological polar surface area (TPSA) is 122 Å². The van der Waals surface area contributed by atoms with Gasteiger partial charge in [-0.3, -0.25) is 9.55 Å². The minimum atomic E-state index is 0.115. The molecule has 0 aliphatic carbocycles. The van der Waals surface area contributed by atoms with Gasteiger partial charge in [0.05, 0.1) is 47.3 Å². The molecule has 1 aromatic carbocycles. The Kier molecular flexibility index (Phi) is 4.33. The zero-order chi connectivity index (χ0) is 21.5. The molecule has 0 radical (unpaired) electrons. The van der Waals surface area contributed by atoms with E-state index in [1.807, 2.05) is 43.5 Å². The first kappa shape index (κ1) is 18.7. The zero-order valence-electron chi connectivity index (χ0n) is 17.1. The number of rotatable bonds is 2. The van der Waals surface area contributed by atoms with Gasteiger partial charge in [0.25, 0.3) is 0 Å². The lowest BCUT2D eigenvalue weighted by Crippen LogP contribution is -2.22. The summed E-state index contributed by atoms with van der Waals surface area (Å²) in [7, 11) is 0. The SMILES string of the molecule is Cc1nnc2n1-c1cnc(-c3cnc(N)cn3)cc1N(c1ccc(C#N)cc1)CC2C. The molecule has 0 saturated heterocycles. The van der Waals surface area contributed by atoms with Crippen molar-refractivity contribution in [3.05, 3.63) is 66.1 Å². The van der Waals surface area contributed by atoms with Crippen LogP contribution in [-0.4, -0.2) is 36.3 Å². The van der Waals surface area contributed by atoms with Gasteiger partial charge >= 0.3 is 0 Å². The van der Waals surface area contributed by atoms with Gasteiger partial charge in [-0.15, -0.1) is 10.2 Å². The molecular formula is C22H19N9. The lowest BCUT2D eigenvalue weighted by Gasteiger charge is -2.26. The van der Waals surface area contributed by atoms with Gasteiger partial charge in [-0.25, -0.2) is 9.97 Å². The zero-order valence-corrected chi connectivity index (χ0v) is 17.1. The Morgan fingerprint density at radius 3 is 2.48 bits per heavy atom. The average molecular weight is 409 g/mol. The summed E-state index contributed by atoms with van der Waals surface area (Å²) >= 11 is 0. The number of nitrogen functional groups attached to an aromatic ring is 1. The largest absolute Gasteiger partial charge is 0.382 e. The van der Waals surface area contributed by atoms with Gasteiger partial charge in [-0.1, -0.05) is 6.92 Å². The van der Waals surface area contributed by atoms with Crippen LogP contribution in [0.4, 0.5) is 17.2 Å². The van der Waals surface area contributed by atoms with E-state index in [1.54, 1.807) is 6.20 Å². The number of anilines is 3. The minimum absolute atomic E-state index is 0.115. The number of hydrogen-bond acceptors (Lipinski definition) is 8. The normalized spacial score (nSPS) is 15.0. The molecule has 31 heavy (non-hydrogen) atoms. The summed E-state index contributed by atoms with van der Waals surface area (Å²) in [5.74, 6) is 2.16. The summed E-state index contributed by atoms with van der Waals surface area (Å²) in [4.78, 5) is 15.4. The molecule has 9 nitrogen and oxygen atoms in total. The monoisotopic (exact) mass is 409 g/mol. The first-order valence-electron chi connectivity index (χ1n) is 9.83. The predicted octanol–water partition coefficient (Wildman–Crippen LogP) is 3.14. The molecule has 1 aliphatic rings. The number of hydrogen-bond donors (Lipinski definition) is 1. The van der Waals surface area contributed by atoms with Crippen LogP contribution in [0.15, 0.2) is 48.9 Å². The molecule has 1 unspecified atom stereocenters. The molecule has 4 heterocycles. The molecule has 0 bridgehead atoms. The van der Waals surface area contributed by atoms with E-state index < -0.39 is 0 Å². The lowest BCUT2D eigenvalue weighted by molar-refractivity contribution is 0.695. The van der Waals surface area contributed by atoms with Crippen molar-refractivity contribution in [2.45, 2.75) is 19.8 Å². The quantitative estimate of drug-likeness (QED) is 0.536. The first-order valence-corrected chi connectivity index (χ1v) is 9.83. The van der Waals surface area contributed by atoms with Crippen LogP contribution in [0.3, 0.4) is 0 Å². The molecule has 5 rings (SSSR count). The Balaban J connectivity index is 1.72. The number of aromatic nitrogens is 6. The standard InChI is InChI=1S/C22H19N9/c1-13-12-30(16-5-3-15(8-23)4-6-16)19-7-17(18-9-27-21(24)11-26-18)25-10-20(19)31-14(2)28-29-22(13)31/h3-7,9-11,13H,12H2,1-2H3,(H2,24,27). The maximum atomic E-state index is 9.17. The summed E-state index contributed by atoms with van der Waals surface area (Å²) in [6.07, 6.45) is 4.95. The highest BCUT2D eigenvalue weighted by Gasteiger charge is 2.29. The van der Waals surface area contributed by atoms with Gasteiger partial charge < -0.3 is 10.6 Å². The van der Waals surface area contributed by atoms with Crippen molar-refractivity contribution in [1.82, 2.24) is 29.7 Å². The minimum Gasteiger partial charge on any atom is -0.382 e. The summed E-state index contributed by atoms with van der Waals surface area (Å²) in [6, 6.07) is 11.7. The van der Waals surface area contributed by atoms with Crippen molar-refractivity contribution >= 4 is 17.2 Å². The number of nitriles is 1. The molecule has 152 valence electrons. The van der Waals surface area contributed by atoms with E-state index in [0.717, 1.165) is 28.7 Å². The summed E-state index contributed by atoms with van der Waals surface area (Å²) in [6.45, 7) is 4.75. The number of aryl methyl sites for hydroxylation is 1. The number of nitrogens with two attached hydrogens (primary N) is 1. The second kappa shape index (κ2) is 7.18. The Morgan fingerprint density at radius 1 is 1.00 bits per heavy atom. The van der Waals surface area contributed by atoms with Gasteiger partial charge in [0, 0.05) is 18.2 Å². The molecule has 3 aromatic heterocycles. The second-order valence-electron chi connectivity index (χ2n) is 7.50. The van der Waals surface area contributed by atoms with E-state index in [4.69, 9.17) is 5.73 Å². The van der Waals surface area contributed by atoms with Gasteiger partial charge in [-0.05, 0) is 37.3 Å². The summed E-state index contributed by atoms with van der Waals surface area (Å²) < 4.78 is 2.05. The third-order valence-corrected chi connectivity index (χ3v) is 5.38. The van der Waals surface area contributed by atoms with Crippen LogP contribution in [0.25, 0.3) is 17.1 Å². The number of benzene rings is 1. The molecule has 0 saturated carbocycles. The van der Waals surface area contributed by atoms with Crippen LogP contribution in [0.1, 0.15) is 30.1 Å². The highest BCUT2D eigenvalue weighted by atomic mass is 15.3. The van der Waals surface area contributed by atoms with E-state index in [1.165, 1.54) is 6.20 Å². The summed E-state index contributed by atoms with van der Waals surface area (Å²) in [5, 5.41) is 17.9. The van der Waals surface area contributed by atoms with Crippen molar-refractivity contribution < 1.29 is 0 Å². The Hall–Kier alpha value is -4.32. The molecule has 0 fully saturated rings. The highest BCUT2D eigenvalue weighted by Crippen LogP contribution is 2.39. The van der Waals surface area contributed by atoms with Crippen molar-refractivity contribution in [3.8, 4) is 23.1 Å². The third-order valence-electron chi connectivity index (χ3n) is 5.38. The average Bonchev–Trinajstić information content (AvgIpc) is 3.13. The van der Waals surface area contributed by atoms with Gasteiger partial charge in [0.15, 0.2) is 0 Å². The molecule has 0 amide bonds. The van der Waals surface area contributed by atoms with Crippen LogP contribution in [-0.2, 0) is 0 Å². The molecule has 4 aromatic rings. The first-order chi connectivity index (χ1) is 15.0. The third kappa shape index (κ3) is 3.14. The van der Waals surface area contributed by atoms with Gasteiger partial charge in [0.1, 0.15) is 23.2 Å². The molecule has 1 aliphatic heterocycles. The van der Waals surface area contributed by atoms with Gasteiger partial charge in [-0.2, -0.15) is 5.26 Å². The van der Waals surface area contributed by atoms with Crippen LogP contribution in [0.5, 0.6) is 0 Å². The summed E-state index contributed by atoms with van der Waals surface area (Å²) in [5.41, 5.74) is 10.4. The van der Waals surface area contributed by atoms with E-state index in [0.29, 0.717) is 29.3 Å². The fraction of sp³-hybridized carbons (Fsp3) is 0.182. The van der Waals surface area contributed by atoms with E-state index in [-0.39, 0.29) is 5.92 Å². The number of nitrogens with zero attached hydrogens (tertiary/aromatic N) is 8. The Labute approximate surface area is 178 Å². The molecule has 1 atom stereocenters. The van der Waals surface area contributed by atoms with Crippen molar-refractivity contribution in [3.63, 3.8) is 0 Å². The molecule has 0 spiro atoms. The van der Waals surface area contributed by atoms with E-state index in [2.05, 4.69) is 47.6 Å². The predicted molar refractivity (Wildman–Crippen MR) is 116 cm³/mol. The Bertz CT molecular complexity index is 1300. The van der Waals surface area contributed by atoms with Crippen molar-refractivity contribution in [2.24, 2.45) is 0 Å². The Morgan fingerprint density at radius 2 is 1.77 bits per heavy atom. The number of pyridine rings is 1. The maximum Gasteiger partial charge on any atom is 0.142 e. The van der Waals surface area contributed by atoms with Crippen LogP contribution in [0.2, 0.25) is 0 Å². The highest BCUT2D eigenvalue weighted by molar-refractivity contribution is 5.76.